The second kappa shape index (κ2) is 17.2. The molecule has 0 aromatic heterocycles. The van der Waals surface area contributed by atoms with E-state index < -0.39 is 0 Å². The molecule has 134 valence electrons. The van der Waals surface area contributed by atoms with Crippen molar-refractivity contribution in [3.63, 3.8) is 0 Å². The Morgan fingerprint density at radius 2 is 0.864 bits per heavy atom. The van der Waals surface area contributed by atoms with Crippen LogP contribution in [-0.2, 0) is 0 Å². The molecule has 0 atom stereocenters. The average molecular weight is 317 g/mol. The molecule has 4 nitrogen and oxygen atoms in total. The van der Waals surface area contributed by atoms with Gasteiger partial charge in [0.2, 0.25) is 0 Å². The molecule has 0 radical (unpaired) electrons. The maximum atomic E-state index is 8.78. The molecule has 4 heteroatoms. The highest BCUT2D eigenvalue weighted by Gasteiger charge is 2.06. The number of nitrogens with zero attached hydrogens (tertiary/aromatic N) is 2. The number of unbranched alkanes of at least 4 members (excludes halogenated alkanes) is 6. The Morgan fingerprint density at radius 3 is 1.18 bits per heavy atom. The van der Waals surface area contributed by atoms with Gasteiger partial charge in [-0.15, -0.1) is 0 Å². The molecule has 0 saturated heterocycles. The van der Waals surface area contributed by atoms with Gasteiger partial charge >= 0.3 is 0 Å². The summed E-state index contributed by atoms with van der Waals surface area (Å²) in [5.74, 6) is 0. The van der Waals surface area contributed by atoms with E-state index >= 15 is 0 Å². The Hall–Kier alpha value is -0.160. The number of hydrogen-bond acceptors (Lipinski definition) is 4. The van der Waals surface area contributed by atoms with Crippen LogP contribution in [0.2, 0.25) is 0 Å². The van der Waals surface area contributed by atoms with Crippen LogP contribution in [0.5, 0.6) is 0 Å². The van der Waals surface area contributed by atoms with Gasteiger partial charge in [0.05, 0.1) is 0 Å². The fourth-order valence-electron chi connectivity index (χ4n) is 2.74. The summed E-state index contributed by atoms with van der Waals surface area (Å²) in [5.41, 5.74) is 0. The first-order valence-corrected chi connectivity index (χ1v) is 9.44. The number of likely N-dealkylation sites (N-methyl/N-ethyl adjacent to an activating group) is 2. The molecule has 0 unspecified atom stereocenters. The lowest BCUT2D eigenvalue weighted by atomic mass is 10.2. The monoisotopic (exact) mass is 316 g/mol. The van der Waals surface area contributed by atoms with Crippen LogP contribution in [0.25, 0.3) is 0 Å². The Labute approximate surface area is 138 Å². The predicted molar refractivity (Wildman–Crippen MR) is 95.3 cm³/mol. The second-order valence-corrected chi connectivity index (χ2v) is 6.14. The summed E-state index contributed by atoms with van der Waals surface area (Å²) >= 11 is 0. The first kappa shape index (κ1) is 21.8. The lowest BCUT2D eigenvalue weighted by molar-refractivity contribution is 0.207. The average Bonchev–Trinajstić information content (AvgIpc) is 2.55. The zero-order valence-corrected chi connectivity index (χ0v) is 15.1. The molecule has 0 aromatic carbocycles. The SMILES string of the molecule is CCN(CCCCCCO)CCN(CC)CCCCCCO. The van der Waals surface area contributed by atoms with Crippen LogP contribution >= 0.6 is 0 Å². The Kier molecular flexibility index (Phi) is 17.1. The molecule has 0 aliphatic carbocycles. The normalized spacial score (nSPS) is 11.7. The van der Waals surface area contributed by atoms with E-state index in [1.807, 2.05) is 0 Å². The predicted octanol–water partition coefficient (Wildman–Crippen LogP) is 2.74. The number of aliphatic hydroxyl groups is 2. The van der Waals surface area contributed by atoms with Gasteiger partial charge in [-0.05, 0) is 51.9 Å². The molecule has 0 fully saturated rings. The first-order valence-electron chi connectivity index (χ1n) is 9.44. The first-order chi connectivity index (χ1) is 10.8. The molecule has 0 bridgehead atoms. The van der Waals surface area contributed by atoms with Crippen LogP contribution in [0.15, 0.2) is 0 Å². The zero-order valence-electron chi connectivity index (χ0n) is 15.1. The fourth-order valence-corrected chi connectivity index (χ4v) is 2.74. The zero-order chi connectivity index (χ0) is 16.5. The minimum atomic E-state index is 0.335. The third-order valence-corrected chi connectivity index (χ3v) is 4.39. The molecule has 0 rings (SSSR count). The van der Waals surface area contributed by atoms with Crippen LogP contribution in [0, 0.1) is 0 Å². The van der Waals surface area contributed by atoms with Gasteiger partial charge < -0.3 is 20.0 Å². The quantitative estimate of drug-likeness (QED) is 0.405. The van der Waals surface area contributed by atoms with E-state index in [0.29, 0.717) is 13.2 Å². The van der Waals surface area contributed by atoms with E-state index in [0.717, 1.165) is 38.8 Å². The summed E-state index contributed by atoms with van der Waals surface area (Å²) in [6.45, 7) is 12.1. The molecular weight excluding hydrogens is 276 g/mol. The van der Waals surface area contributed by atoms with Gasteiger partial charge in [-0.2, -0.15) is 0 Å². The fraction of sp³-hybridized carbons (Fsp3) is 1.00. The highest BCUT2D eigenvalue weighted by atomic mass is 16.3. The van der Waals surface area contributed by atoms with Crippen molar-refractivity contribution in [1.29, 1.82) is 0 Å². The molecule has 22 heavy (non-hydrogen) atoms. The van der Waals surface area contributed by atoms with Crippen LogP contribution in [0.1, 0.15) is 65.2 Å². The van der Waals surface area contributed by atoms with Crippen molar-refractivity contribution in [1.82, 2.24) is 9.80 Å². The molecule has 0 amide bonds. The minimum Gasteiger partial charge on any atom is -0.396 e. The highest BCUT2D eigenvalue weighted by molar-refractivity contribution is 4.62. The van der Waals surface area contributed by atoms with Crippen molar-refractivity contribution >= 4 is 0 Å². The standard InChI is InChI=1S/C18H40N2O2/c1-3-19(13-9-5-7-11-17-21)15-16-20(4-2)14-10-6-8-12-18-22/h21-22H,3-18H2,1-2H3. The maximum absolute atomic E-state index is 8.78. The summed E-state index contributed by atoms with van der Waals surface area (Å²) in [6, 6.07) is 0. The van der Waals surface area contributed by atoms with Crippen LogP contribution in [0.4, 0.5) is 0 Å². The van der Waals surface area contributed by atoms with E-state index in [4.69, 9.17) is 10.2 Å². The highest BCUT2D eigenvalue weighted by Crippen LogP contribution is 2.04. The lowest BCUT2D eigenvalue weighted by Crippen LogP contribution is -2.36. The van der Waals surface area contributed by atoms with Crippen LogP contribution < -0.4 is 0 Å². The lowest BCUT2D eigenvalue weighted by Gasteiger charge is -2.26. The van der Waals surface area contributed by atoms with Crippen molar-refractivity contribution in [2.24, 2.45) is 0 Å². The molecule has 0 heterocycles. The van der Waals surface area contributed by atoms with Gasteiger partial charge in [0.1, 0.15) is 0 Å². The van der Waals surface area contributed by atoms with E-state index in [1.165, 1.54) is 51.9 Å². The van der Waals surface area contributed by atoms with E-state index in [9.17, 15) is 0 Å². The summed E-state index contributed by atoms with van der Waals surface area (Å²) in [7, 11) is 0. The van der Waals surface area contributed by atoms with Crippen molar-refractivity contribution in [2.75, 3.05) is 52.5 Å². The second-order valence-electron chi connectivity index (χ2n) is 6.14. The minimum absolute atomic E-state index is 0.335. The summed E-state index contributed by atoms with van der Waals surface area (Å²) < 4.78 is 0. The van der Waals surface area contributed by atoms with Gasteiger partial charge in [0, 0.05) is 26.3 Å². The van der Waals surface area contributed by atoms with Crippen LogP contribution in [0.3, 0.4) is 0 Å². The van der Waals surface area contributed by atoms with Crippen molar-refractivity contribution < 1.29 is 10.2 Å². The Morgan fingerprint density at radius 1 is 0.500 bits per heavy atom. The van der Waals surface area contributed by atoms with E-state index in [2.05, 4.69) is 23.6 Å². The van der Waals surface area contributed by atoms with Gasteiger partial charge in [-0.1, -0.05) is 39.5 Å². The smallest absolute Gasteiger partial charge is 0.0431 e. The molecular formula is C18H40N2O2. The molecule has 0 aromatic rings. The number of rotatable bonds is 17. The third-order valence-electron chi connectivity index (χ3n) is 4.39. The molecule has 0 saturated carbocycles. The molecule has 2 N–H and O–H groups in total. The van der Waals surface area contributed by atoms with Crippen molar-refractivity contribution in [3.8, 4) is 0 Å². The van der Waals surface area contributed by atoms with Crippen molar-refractivity contribution in [2.45, 2.75) is 65.2 Å². The van der Waals surface area contributed by atoms with Gasteiger partial charge in [-0.3, -0.25) is 0 Å². The Bertz CT molecular complexity index is 193. The van der Waals surface area contributed by atoms with Crippen molar-refractivity contribution in [3.05, 3.63) is 0 Å². The summed E-state index contributed by atoms with van der Waals surface area (Å²) in [5, 5.41) is 17.6. The maximum Gasteiger partial charge on any atom is 0.0431 e. The molecule has 0 aliphatic heterocycles. The number of hydrogen-bond donors (Lipinski definition) is 2. The van der Waals surface area contributed by atoms with Gasteiger partial charge in [0.25, 0.3) is 0 Å². The van der Waals surface area contributed by atoms with E-state index in [-0.39, 0.29) is 0 Å². The van der Waals surface area contributed by atoms with Crippen LogP contribution in [-0.4, -0.2) is 72.5 Å². The summed E-state index contributed by atoms with van der Waals surface area (Å²) in [6.07, 6.45) is 9.19. The Balaban J connectivity index is 3.68. The number of aliphatic hydroxyl groups excluding tert-OH is 2. The molecule has 0 aliphatic rings. The topological polar surface area (TPSA) is 46.9 Å². The third kappa shape index (κ3) is 13.5. The van der Waals surface area contributed by atoms with E-state index in [1.54, 1.807) is 0 Å². The summed E-state index contributed by atoms with van der Waals surface area (Å²) in [4.78, 5) is 5.10. The molecule has 0 spiro atoms. The van der Waals surface area contributed by atoms with Gasteiger partial charge in [-0.25, -0.2) is 0 Å². The van der Waals surface area contributed by atoms with Gasteiger partial charge in [0.15, 0.2) is 0 Å². The largest absolute Gasteiger partial charge is 0.396 e.